The van der Waals surface area contributed by atoms with Crippen LogP contribution in [-0.2, 0) is 18.9 Å². The molecule has 0 aliphatic rings. The molecule has 6 nitrogen and oxygen atoms in total. The molecule has 0 saturated carbocycles. The van der Waals surface area contributed by atoms with Gasteiger partial charge in [-0.3, -0.25) is 13.9 Å². The van der Waals surface area contributed by atoms with Gasteiger partial charge in [0.1, 0.15) is 5.75 Å². The summed E-state index contributed by atoms with van der Waals surface area (Å²) in [6, 6.07) is 8.97. The van der Waals surface area contributed by atoms with Crippen LogP contribution < -0.4 is 15.7 Å². The lowest BCUT2D eigenvalue weighted by atomic mass is 10.1. The minimum absolute atomic E-state index is 0.112. The molecule has 0 spiro atoms. The summed E-state index contributed by atoms with van der Waals surface area (Å²) in [5.74, 6) is 0.318. The first-order chi connectivity index (χ1) is 12.7. The van der Waals surface area contributed by atoms with Crippen molar-refractivity contribution in [3.8, 4) is 5.75 Å². The Morgan fingerprint density at radius 1 is 1.07 bits per heavy atom. The number of rotatable bonds is 4. The van der Waals surface area contributed by atoms with Crippen LogP contribution in [0, 0.1) is 13.8 Å². The van der Waals surface area contributed by atoms with Gasteiger partial charge in [-0.15, -0.1) is 0 Å². The first-order valence-electron chi connectivity index (χ1n) is 8.58. The highest BCUT2D eigenvalue weighted by Gasteiger charge is 2.17. The summed E-state index contributed by atoms with van der Waals surface area (Å²) in [6.07, 6.45) is -0.694. The summed E-state index contributed by atoms with van der Waals surface area (Å²) in [4.78, 5) is 24.5. The summed E-state index contributed by atoms with van der Waals surface area (Å²) >= 11 is 6.17. The Kier molecular flexibility index (Phi) is 5.02. The van der Waals surface area contributed by atoms with Gasteiger partial charge in [-0.25, -0.2) is 4.79 Å². The lowest BCUT2D eigenvalue weighted by Crippen LogP contribution is -2.30. The zero-order chi connectivity index (χ0) is 19.9. The number of nitrogens with zero attached hydrogens (tertiary/aromatic N) is 2. The first kappa shape index (κ1) is 19.0. The van der Waals surface area contributed by atoms with E-state index in [-0.39, 0.29) is 11.6 Å². The molecular formula is C20H22ClN3O3. The van der Waals surface area contributed by atoms with Crippen molar-refractivity contribution in [2.75, 3.05) is 5.32 Å². The van der Waals surface area contributed by atoms with Gasteiger partial charge >= 0.3 is 5.69 Å². The molecule has 0 aliphatic carbocycles. The van der Waals surface area contributed by atoms with Crippen LogP contribution in [0.1, 0.15) is 18.1 Å². The van der Waals surface area contributed by atoms with Gasteiger partial charge in [-0.1, -0.05) is 11.6 Å². The fourth-order valence-corrected chi connectivity index (χ4v) is 3.17. The number of carbonyl (C=O) groups is 1. The maximum Gasteiger partial charge on any atom is 0.328 e. The number of hydrogen-bond donors (Lipinski definition) is 1. The van der Waals surface area contributed by atoms with Crippen LogP contribution in [0.25, 0.3) is 11.0 Å². The van der Waals surface area contributed by atoms with Gasteiger partial charge in [-0.2, -0.15) is 0 Å². The SMILES string of the molecule is Cc1cc(OC(C)C(=O)Nc2ccc3c(c2)n(C)c(=O)n3C)cc(C)c1Cl. The largest absolute Gasteiger partial charge is 0.481 e. The van der Waals surface area contributed by atoms with Gasteiger partial charge in [0.15, 0.2) is 6.10 Å². The lowest BCUT2D eigenvalue weighted by Gasteiger charge is -2.16. The smallest absolute Gasteiger partial charge is 0.328 e. The number of ether oxygens (including phenoxy) is 1. The number of imidazole rings is 1. The summed E-state index contributed by atoms with van der Waals surface area (Å²) in [5, 5.41) is 3.53. The average molecular weight is 388 g/mol. The number of hydrogen-bond acceptors (Lipinski definition) is 3. The molecule has 0 fully saturated rings. The highest BCUT2D eigenvalue weighted by atomic mass is 35.5. The normalized spacial score (nSPS) is 12.2. The van der Waals surface area contributed by atoms with Crippen molar-refractivity contribution in [3.63, 3.8) is 0 Å². The standard InChI is InChI=1S/C20H22ClN3O3/c1-11-8-15(9-12(2)18(11)21)27-13(3)19(25)22-14-6-7-16-17(10-14)24(5)20(26)23(16)4/h6-10,13H,1-5H3,(H,22,25). The molecule has 3 aromatic rings. The van der Waals surface area contributed by atoms with E-state index in [9.17, 15) is 9.59 Å². The van der Waals surface area contributed by atoms with Crippen LogP contribution in [0.2, 0.25) is 5.02 Å². The highest BCUT2D eigenvalue weighted by molar-refractivity contribution is 6.32. The third-order valence-corrected chi connectivity index (χ3v) is 5.23. The summed E-state index contributed by atoms with van der Waals surface area (Å²) in [5.41, 5.74) is 3.84. The molecule has 1 unspecified atom stereocenters. The van der Waals surface area contributed by atoms with Crippen LogP contribution in [-0.4, -0.2) is 21.1 Å². The number of aryl methyl sites for hydroxylation is 4. The van der Waals surface area contributed by atoms with Gasteiger partial charge in [0.05, 0.1) is 11.0 Å². The average Bonchev–Trinajstić information content (AvgIpc) is 2.83. The second-order valence-electron chi connectivity index (χ2n) is 6.72. The molecule has 3 rings (SSSR count). The Morgan fingerprint density at radius 3 is 2.30 bits per heavy atom. The molecule has 1 amide bonds. The van der Waals surface area contributed by atoms with Crippen molar-refractivity contribution in [1.82, 2.24) is 9.13 Å². The van der Waals surface area contributed by atoms with Gasteiger partial charge in [0.25, 0.3) is 5.91 Å². The summed E-state index contributed by atoms with van der Waals surface area (Å²) in [7, 11) is 3.42. The molecule has 7 heteroatoms. The number of aromatic nitrogens is 2. The second kappa shape index (κ2) is 7.12. The molecular weight excluding hydrogens is 366 g/mol. The monoisotopic (exact) mass is 387 g/mol. The lowest BCUT2D eigenvalue weighted by molar-refractivity contribution is -0.122. The van der Waals surface area contributed by atoms with Crippen LogP contribution in [0.3, 0.4) is 0 Å². The predicted molar refractivity (Wildman–Crippen MR) is 108 cm³/mol. The van der Waals surface area contributed by atoms with Crippen molar-refractivity contribution in [2.24, 2.45) is 14.1 Å². The van der Waals surface area contributed by atoms with Gasteiger partial charge in [0.2, 0.25) is 0 Å². The number of anilines is 1. The molecule has 0 aliphatic heterocycles. The molecule has 142 valence electrons. The van der Waals surface area contributed by atoms with E-state index >= 15 is 0 Å². The van der Waals surface area contributed by atoms with Gasteiger partial charge < -0.3 is 10.1 Å². The summed E-state index contributed by atoms with van der Waals surface area (Å²) < 4.78 is 8.88. The summed E-state index contributed by atoms with van der Waals surface area (Å²) in [6.45, 7) is 5.48. The van der Waals surface area contributed by atoms with E-state index in [0.717, 1.165) is 22.2 Å². The topological polar surface area (TPSA) is 65.3 Å². The fourth-order valence-electron chi connectivity index (χ4n) is 3.06. The van der Waals surface area contributed by atoms with E-state index in [4.69, 9.17) is 16.3 Å². The molecule has 0 radical (unpaired) electrons. The van der Waals surface area contributed by atoms with Crippen LogP contribution in [0.5, 0.6) is 5.75 Å². The van der Waals surface area contributed by atoms with Gasteiger partial charge in [0, 0.05) is 24.8 Å². The molecule has 2 aromatic carbocycles. The van der Waals surface area contributed by atoms with E-state index in [1.54, 1.807) is 42.3 Å². The number of nitrogens with one attached hydrogen (secondary N) is 1. The maximum atomic E-state index is 12.5. The quantitative estimate of drug-likeness (QED) is 0.744. The minimum atomic E-state index is -0.694. The first-order valence-corrected chi connectivity index (χ1v) is 8.96. The molecule has 0 bridgehead atoms. The fraction of sp³-hybridized carbons (Fsp3) is 0.300. The third kappa shape index (κ3) is 3.57. The molecule has 1 heterocycles. The zero-order valence-electron chi connectivity index (χ0n) is 16.0. The van der Waals surface area contributed by atoms with Crippen molar-refractivity contribution < 1.29 is 9.53 Å². The van der Waals surface area contributed by atoms with E-state index < -0.39 is 6.10 Å². The van der Waals surface area contributed by atoms with Crippen molar-refractivity contribution in [2.45, 2.75) is 26.9 Å². The molecule has 0 saturated heterocycles. The van der Waals surface area contributed by atoms with Crippen molar-refractivity contribution in [3.05, 3.63) is 57.0 Å². The number of fused-ring (bicyclic) bond motifs is 1. The Balaban J connectivity index is 1.77. The maximum absolute atomic E-state index is 12.5. The number of carbonyl (C=O) groups excluding carboxylic acids is 1. The van der Waals surface area contributed by atoms with E-state index in [1.165, 1.54) is 0 Å². The predicted octanol–water partition coefficient (Wildman–Crippen LogP) is 3.55. The second-order valence-corrected chi connectivity index (χ2v) is 7.10. The Bertz CT molecular complexity index is 1070. The number of benzene rings is 2. The van der Waals surface area contributed by atoms with E-state index in [2.05, 4.69) is 5.32 Å². The van der Waals surface area contributed by atoms with E-state index in [0.29, 0.717) is 16.5 Å². The molecule has 27 heavy (non-hydrogen) atoms. The number of halogens is 1. The highest BCUT2D eigenvalue weighted by Crippen LogP contribution is 2.26. The molecule has 1 N–H and O–H groups in total. The Labute approximate surface area is 162 Å². The zero-order valence-corrected chi connectivity index (χ0v) is 16.7. The van der Waals surface area contributed by atoms with Crippen LogP contribution >= 0.6 is 11.6 Å². The molecule has 1 atom stereocenters. The van der Waals surface area contributed by atoms with Crippen molar-refractivity contribution >= 4 is 34.2 Å². The number of amides is 1. The third-order valence-electron chi connectivity index (χ3n) is 4.63. The Hall–Kier alpha value is -2.73. The molecule has 1 aromatic heterocycles. The van der Waals surface area contributed by atoms with Crippen molar-refractivity contribution in [1.29, 1.82) is 0 Å². The van der Waals surface area contributed by atoms with E-state index in [1.807, 2.05) is 32.0 Å². The van der Waals surface area contributed by atoms with Gasteiger partial charge in [-0.05, 0) is 62.2 Å². The Morgan fingerprint density at radius 2 is 1.67 bits per heavy atom. The minimum Gasteiger partial charge on any atom is -0.481 e. The van der Waals surface area contributed by atoms with Crippen LogP contribution in [0.15, 0.2) is 35.1 Å². The van der Waals surface area contributed by atoms with Crippen LogP contribution in [0.4, 0.5) is 5.69 Å².